The largest absolute Gasteiger partial charge is 0.465 e. The fraction of sp³-hybridized carbons (Fsp3) is 0.188. The molecule has 0 atom stereocenters. The number of hydrogen-bond acceptors (Lipinski definition) is 6. The Morgan fingerprint density at radius 2 is 2.14 bits per heavy atom. The van der Waals surface area contributed by atoms with E-state index < -0.39 is 0 Å². The van der Waals surface area contributed by atoms with Crippen LogP contribution in [0.5, 0.6) is 0 Å². The van der Waals surface area contributed by atoms with Gasteiger partial charge in [-0.3, -0.25) is 4.98 Å². The number of hydrogen-bond donors (Lipinski definition) is 2. The molecule has 22 heavy (non-hydrogen) atoms. The number of nitrogens with one attached hydrogen (secondary N) is 1. The third-order valence-electron chi connectivity index (χ3n) is 3.45. The molecule has 0 aliphatic heterocycles. The van der Waals surface area contributed by atoms with Gasteiger partial charge in [0.25, 0.3) is 0 Å². The molecule has 3 aromatic rings. The molecule has 1 aromatic carbocycles. The first-order valence-corrected chi connectivity index (χ1v) is 6.94. The maximum absolute atomic E-state index is 11.7. The SMILES string of the molecule is COC(=O)c1ccc2c(c1)nc(NCCN)c1ccncc12. The molecule has 3 N–H and O–H groups in total. The highest BCUT2D eigenvalue weighted by Crippen LogP contribution is 2.29. The van der Waals surface area contributed by atoms with Crippen molar-refractivity contribution in [1.29, 1.82) is 0 Å². The highest BCUT2D eigenvalue weighted by molar-refractivity contribution is 6.10. The van der Waals surface area contributed by atoms with E-state index in [2.05, 4.69) is 15.3 Å². The number of carbonyl (C=O) groups is 1. The van der Waals surface area contributed by atoms with Gasteiger partial charge in [-0.2, -0.15) is 0 Å². The first kappa shape index (κ1) is 14.2. The lowest BCUT2D eigenvalue weighted by Gasteiger charge is -2.11. The molecule has 3 rings (SSSR count). The number of methoxy groups -OCH3 is 1. The lowest BCUT2D eigenvalue weighted by Crippen LogP contribution is -2.14. The van der Waals surface area contributed by atoms with Crippen molar-refractivity contribution in [3.05, 3.63) is 42.2 Å². The van der Waals surface area contributed by atoms with E-state index in [0.717, 1.165) is 22.0 Å². The van der Waals surface area contributed by atoms with Crippen LogP contribution in [-0.2, 0) is 4.74 Å². The highest BCUT2D eigenvalue weighted by Gasteiger charge is 2.11. The summed E-state index contributed by atoms with van der Waals surface area (Å²) in [6.45, 7) is 1.13. The zero-order valence-electron chi connectivity index (χ0n) is 12.2. The summed E-state index contributed by atoms with van der Waals surface area (Å²) in [5, 5.41) is 6.10. The molecule has 2 aromatic heterocycles. The van der Waals surface area contributed by atoms with Crippen molar-refractivity contribution in [3.8, 4) is 0 Å². The van der Waals surface area contributed by atoms with Crippen LogP contribution in [0.1, 0.15) is 10.4 Å². The third-order valence-corrected chi connectivity index (χ3v) is 3.45. The van der Waals surface area contributed by atoms with Crippen molar-refractivity contribution in [1.82, 2.24) is 9.97 Å². The molecule has 2 heterocycles. The molecule has 0 bridgehead atoms. The minimum Gasteiger partial charge on any atom is -0.465 e. The Hall–Kier alpha value is -2.73. The van der Waals surface area contributed by atoms with Gasteiger partial charge >= 0.3 is 5.97 Å². The van der Waals surface area contributed by atoms with E-state index in [0.29, 0.717) is 24.2 Å². The molecule has 6 heteroatoms. The molecule has 6 nitrogen and oxygen atoms in total. The first-order valence-electron chi connectivity index (χ1n) is 6.94. The summed E-state index contributed by atoms with van der Waals surface area (Å²) in [7, 11) is 1.36. The van der Waals surface area contributed by atoms with Crippen molar-refractivity contribution in [2.75, 3.05) is 25.5 Å². The molecule has 0 saturated carbocycles. The van der Waals surface area contributed by atoms with Gasteiger partial charge < -0.3 is 15.8 Å². The average Bonchev–Trinajstić information content (AvgIpc) is 2.58. The Morgan fingerprint density at radius 1 is 1.27 bits per heavy atom. The van der Waals surface area contributed by atoms with Crippen LogP contribution in [0.2, 0.25) is 0 Å². The molecule has 0 spiro atoms. The Kier molecular flexibility index (Phi) is 3.84. The van der Waals surface area contributed by atoms with Crippen molar-refractivity contribution in [2.45, 2.75) is 0 Å². The van der Waals surface area contributed by atoms with Crippen LogP contribution in [0.15, 0.2) is 36.7 Å². The Morgan fingerprint density at radius 3 is 2.91 bits per heavy atom. The monoisotopic (exact) mass is 296 g/mol. The number of carbonyl (C=O) groups excluding carboxylic acids is 1. The second-order valence-corrected chi connectivity index (χ2v) is 4.82. The molecule has 112 valence electrons. The summed E-state index contributed by atoms with van der Waals surface area (Å²) in [5.41, 5.74) is 6.73. The maximum atomic E-state index is 11.7. The number of nitrogens with two attached hydrogens (primary N) is 1. The van der Waals surface area contributed by atoms with E-state index >= 15 is 0 Å². The Labute approximate surface area is 127 Å². The van der Waals surface area contributed by atoms with Crippen LogP contribution in [0.4, 0.5) is 5.82 Å². The fourth-order valence-electron chi connectivity index (χ4n) is 2.42. The van der Waals surface area contributed by atoms with Gasteiger partial charge in [0.05, 0.1) is 18.2 Å². The Balaban J connectivity index is 2.25. The number of anilines is 1. The summed E-state index contributed by atoms with van der Waals surface area (Å²) in [5.74, 6) is 0.351. The van der Waals surface area contributed by atoms with E-state index in [-0.39, 0.29) is 5.97 Å². The average molecular weight is 296 g/mol. The van der Waals surface area contributed by atoms with Gasteiger partial charge in [-0.05, 0) is 18.2 Å². The van der Waals surface area contributed by atoms with Gasteiger partial charge in [0.15, 0.2) is 0 Å². The standard InChI is InChI=1S/C16H16N4O2/c1-22-16(21)10-2-3-11-13-9-18-6-4-12(13)15(19-7-5-17)20-14(11)8-10/h2-4,6,8-9H,5,7,17H2,1H3,(H,19,20). The van der Waals surface area contributed by atoms with Crippen molar-refractivity contribution < 1.29 is 9.53 Å². The minimum atomic E-state index is -0.383. The van der Waals surface area contributed by atoms with Crippen LogP contribution in [0.25, 0.3) is 21.7 Å². The van der Waals surface area contributed by atoms with Crippen LogP contribution in [0.3, 0.4) is 0 Å². The van der Waals surface area contributed by atoms with Gasteiger partial charge in [0, 0.05) is 41.6 Å². The van der Waals surface area contributed by atoms with Gasteiger partial charge in [0.1, 0.15) is 5.82 Å². The maximum Gasteiger partial charge on any atom is 0.337 e. The number of pyridine rings is 2. The van der Waals surface area contributed by atoms with Crippen LogP contribution < -0.4 is 11.1 Å². The number of nitrogens with zero attached hydrogens (tertiary/aromatic N) is 2. The number of aromatic nitrogens is 2. The normalized spacial score (nSPS) is 10.8. The summed E-state index contributed by atoms with van der Waals surface area (Å²) in [6.07, 6.45) is 3.52. The van der Waals surface area contributed by atoms with Crippen LogP contribution in [-0.4, -0.2) is 36.1 Å². The minimum absolute atomic E-state index is 0.383. The lowest BCUT2D eigenvalue weighted by atomic mass is 10.1. The van der Waals surface area contributed by atoms with E-state index in [9.17, 15) is 4.79 Å². The summed E-state index contributed by atoms with van der Waals surface area (Å²) in [4.78, 5) is 20.5. The fourth-order valence-corrected chi connectivity index (χ4v) is 2.42. The van der Waals surface area contributed by atoms with Gasteiger partial charge in [0.2, 0.25) is 0 Å². The predicted octanol–water partition coefficient (Wildman–Crippen LogP) is 1.94. The molecule has 0 amide bonds. The second kappa shape index (κ2) is 5.95. The number of rotatable bonds is 4. The molecular weight excluding hydrogens is 280 g/mol. The molecule has 0 saturated heterocycles. The van der Waals surface area contributed by atoms with E-state index in [1.54, 1.807) is 24.5 Å². The Bertz CT molecular complexity index is 848. The zero-order valence-corrected chi connectivity index (χ0v) is 12.2. The predicted molar refractivity (Wildman–Crippen MR) is 85.9 cm³/mol. The topological polar surface area (TPSA) is 90.1 Å². The van der Waals surface area contributed by atoms with Crippen molar-refractivity contribution >= 4 is 33.5 Å². The van der Waals surface area contributed by atoms with Gasteiger partial charge in [-0.1, -0.05) is 6.07 Å². The number of esters is 1. The number of benzene rings is 1. The molecule has 0 unspecified atom stereocenters. The molecule has 0 aliphatic rings. The zero-order chi connectivity index (χ0) is 15.5. The lowest BCUT2D eigenvalue weighted by molar-refractivity contribution is 0.0601. The number of ether oxygens (including phenoxy) is 1. The summed E-state index contributed by atoms with van der Waals surface area (Å²) in [6, 6.07) is 7.23. The summed E-state index contributed by atoms with van der Waals surface area (Å²) >= 11 is 0. The summed E-state index contributed by atoms with van der Waals surface area (Å²) < 4.78 is 4.76. The smallest absolute Gasteiger partial charge is 0.337 e. The number of fused-ring (bicyclic) bond motifs is 3. The van der Waals surface area contributed by atoms with E-state index in [4.69, 9.17) is 10.5 Å². The van der Waals surface area contributed by atoms with Crippen molar-refractivity contribution in [2.24, 2.45) is 5.73 Å². The van der Waals surface area contributed by atoms with Gasteiger partial charge in [-0.15, -0.1) is 0 Å². The molecule has 0 fully saturated rings. The van der Waals surface area contributed by atoms with Crippen LogP contribution >= 0.6 is 0 Å². The first-order chi connectivity index (χ1) is 10.7. The molecule has 0 radical (unpaired) electrons. The third kappa shape index (κ3) is 2.44. The van der Waals surface area contributed by atoms with Crippen molar-refractivity contribution in [3.63, 3.8) is 0 Å². The highest BCUT2D eigenvalue weighted by atomic mass is 16.5. The van der Waals surface area contributed by atoms with E-state index in [1.807, 2.05) is 12.1 Å². The van der Waals surface area contributed by atoms with Gasteiger partial charge in [-0.25, -0.2) is 9.78 Å². The van der Waals surface area contributed by atoms with E-state index in [1.165, 1.54) is 7.11 Å². The molecular formula is C16H16N4O2. The molecule has 0 aliphatic carbocycles. The quantitative estimate of drug-likeness (QED) is 0.565. The second-order valence-electron chi connectivity index (χ2n) is 4.82. The van der Waals surface area contributed by atoms with Crippen LogP contribution in [0, 0.1) is 0 Å².